The number of carbonyl (C=O) groups is 1. The first-order valence-electron chi connectivity index (χ1n) is 10.5. The van der Waals surface area contributed by atoms with Crippen molar-refractivity contribution in [3.8, 4) is 11.1 Å². The summed E-state index contributed by atoms with van der Waals surface area (Å²) >= 11 is 6.31. The van der Waals surface area contributed by atoms with Gasteiger partial charge in [-0.1, -0.05) is 66.2 Å². The molecule has 33 heavy (non-hydrogen) atoms. The summed E-state index contributed by atoms with van der Waals surface area (Å²) < 4.78 is 1.50. The lowest BCUT2D eigenvalue weighted by Crippen LogP contribution is -2.25. The van der Waals surface area contributed by atoms with E-state index < -0.39 is 0 Å². The monoisotopic (exact) mass is 450 g/mol. The molecule has 0 bridgehead atoms. The van der Waals surface area contributed by atoms with E-state index in [-0.39, 0.29) is 16.9 Å². The van der Waals surface area contributed by atoms with E-state index in [4.69, 9.17) is 11.6 Å². The zero-order valence-electron chi connectivity index (χ0n) is 17.8. The molecular weight excluding hydrogens is 432 g/mol. The number of carbonyl (C=O) groups excluding carboxylic acids is 1. The minimum absolute atomic E-state index is 0.119. The lowest BCUT2D eigenvalue weighted by atomic mass is 9.93. The van der Waals surface area contributed by atoms with E-state index in [0.717, 1.165) is 27.4 Å². The zero-order valence-corrected chi connectivity index (χ0v) is 18.6. The maximum absolute atomic E-state index is 13.5. The summed E-state index contributed by atoms with van der Waals surface area (Å²) in [5.74, 6) is -0.364. The standard InChI is InChI=1S/C28H19ClN2O2/c1-31-24-13-12-20(29)17-22(24)26(19-7-3-2-4-8-19)27(28(31)33)25(32)14-11-18-15-16-30-23-10-6-5-9-21(18)23/h2-17H,1H3/b14-11+. The first kappa shape index (κ1) is 20.9. The summed E-state index contributed by atoms with van der Waals surface area (Å²) in [7, 11) is 1.67. The molecular formula is C28H19ClN2O2. The maximum Gasteiger partial charge on any atom is 0.262 e. The van der Waals surface area contributed by atoms with Gasteiger partial charge in [-0.25, -0.2) is 0 Å². The third-order valence-corrected chi connectivity index (χ3v) is 6.00. The van der Waals surface area contributed by atoms with Crippen LogP contribution in [-0.4, -0.2) is 15.3 Å². The number of aromatic nitrogens is 2. The number of fused-ring (bicyclic) bond motifs is 2. The van der Waals surface area contributed by atoms with Gasteiger partial charge in [0, 0.05) is 34.6 Å². The number of pyridine rings is 2. The molecule has 0 saturated heterocycles. The predicted molar refractivity (Wildman–Crippen MR) is 135 cm³/mol. The molecule has 5 rings (SSSR count). The molecule has 2 aromatic heterocycles. The van der Waals surface area contributed by atoms with Crippen molar-refractivity contribution in [2.45, 2.75) is 0 Å². The second-order valence-electron chi connectivity index (χ2n) is 7.76. The van der Waals surface area contributed by atoms with Gasteiger partial charge >= 0.3 is 0 Å². The fraction of sp³-hybridized carbons (Fsp3) is 0.0357. The van der Waals surface area contributed by atoms with Gasteiger partial charge in [-0.05, 0) is 47.5 Å². The van der Waals surface area contributed by atoms with E-state index in [0.29, 0.717) is 16.1 Å². The largest absolute Gasteiger partial charge is 0.311 e. The Balaban J connectivity index is 1.73. The van der Waals surface area contributed by atoms with Crippen LogP contribution >= 0.6 is 11.6 Å². The fourth-order valence-corrected chi connectivity index (χ4v) is 4.34. The molecule has 0 unspecified atom stereocenters. The highest BCUT2D eigenvalue weighted by Gasteiger charge is 2.21. The normalized spacial score (nSPS) is 11.5. The van der Waals surface area contributed by atoms with Gasteiger partial charge in [0.05, 0.1) is 16.6 Å². The number of benzene rings is 3. The molecule has 0 fully saturated rings. The summed E-state index contributed by atoms with van der Waals surface area (Å²) in [4.78, 5) is 31.3. The minimum atomic E-state index is -0.364. The topological polar surface area (TPSA) is 52.0 Å². The van der Waals surface area contributed by atoms with Crippen LogP contribution in [0.5, 0.6) is 0 Å². The number of hydrogen-bond donors (Lipinski definition) is 0. The van der Waals surface area contributed by atoms with Crippen molar-refractivity contribution >= 4 is 45.3 Å². The molecule has 0 N–H and O–H groups in total. The van der Waals surface area contributed by atoms with Crippen LogP contribution in [-0.2, 0) is 7.05 Å². The van der Waals surface area contributed by atoms with Crippen LogP contribution < -0.4 is 5.56 Å². The molecule has 0 saturated carbocycles. The van der Waals surface area contributed by atoms with Crippen LogP contribution in [0.3, 0.4) is 0 Å². The number of hydrogen-bond acceptors (Lipinski definition) is 3. The van der Waals surface area contributed by atoms with Crippen molar-refractivity contribution in [3.63, 3.8) is 0 Å². The molecule has 0 atom stereocenters. The third kappa shape index (κ3) is 3.75. The van der Waals surface area contributed by atoms with Crippen LogP contribution in [0.25, 0.3) is 39.0 Å². The second kappa shape index (κ2) is 8.49. The molecule has 0 amide bonds. The van der Waals surface area contributed by atoms with Crippen molar-refractivity contribution < 1.29 is 4.79 Å². The van der Waals surface area contributed by atoms with E-state index in [1.165, 1.54) is 10.6 Å². The Morgan fingerprint density at radius 1 is 0.939 bits per heavy atom. The van der Waals surface area contributed by atoms with Crippen LogP contribution in [0, 0.1) is 0 Å². The maximum atomic E-state index is 13.5. The SMILES string of the molecule is Cn1c(=O)c(C(=O)/C=C/c2ccnc3ccccc23)c(-c2ccccc2)c2cc(Cl)ccc21. The minimum Gasteiger partial charge on any atom is -0.311 e. The van der Waals surface area contributed by atoms with E-state index >= 15 is 0 Å². The number of aryl methyl sites for hydroxylation is 1. The highest BCUT2D eigenvalue weighted by Crippen LogP contribution is 2.32. The van der Waals surface area contributed by atoms with Gasteiger partial charge in [-0.3, -0.25) is 14.6 Å². The third-order valence-electron chi connectivity index (χ3n) is 5.76. The Morgan fingerprint density at radius 2 is 1.70 bits per heavy atom. The van der Waals surface area contributed by atoms with Crippen molar-refractivity contribution in [2.75, 3.05) is 0 Å². The summed E-state index contributed by atoms with van der Waals surface area (Å²) in [5, 5.41) is 2.22. The molecule has 0 aliphatic rings. The Bertz CT molecular complexity index is 1610. The summed E-state index contributed by atoms with van der Waals surface area (Å²) in [5.41, 5.74) is 3.55. The van der Waals surface area contributed by atoms with E-state index in [2.05, 4.69) is 4.98 Å². The quantitative estimate of drug-likeness (QED) is 0.238. The molecule has 0 aliphatic carbocycles. The van der Waals surface area contributed by atoms with Gasteiger partial charge in [0.1, 0.15) is 0 Å². The summed E-state index contributed by atoms with van der Waals surface area (Å²) in [6.45, 7) is 0. The molecule has 3 aromatic carbocycles. The van der Waals surface area contributed by atoms with Gasteiger partial charge in [-0.15, -0.1) is 0 Å². The number of ketones is 1. The van der Waals surface area contributed by atoms with Gasteiger partial charge in [-0.2, -0.15) is 0 Å². The Morgan fingerprint density at radius 3 is 2.52 bits per heavy atom. The number of nitrogens with zero attached hydrogens (tertiary/aromatic N) is 2. The Labute approximate surface area is 195 Å². The van der Waals surface area contributed by atoms with E-state index in [9.17, 15) is 9.59 Å². The van der Waals surface area contributed by atoms with Crippen molar-refractivity contribution in [3.05, 3.63) is 118 Å². The molecule has 0 radical (unpaired) electrons. The first-order valence-corrected chi connectivity index (χ1v) is 10.9. The number of allylic oxidation sites excluding steroid dienone is 1. The Kier molecular flexibility index (Phi) is 5.37. The van der Waals surface area contributed by atoms with Crippen LogP contribution in [0.2, 0.25) is 5.02 Å². The molecule has 0 spiro atoms. The molecule has 4 nitrogen and oxygen atoms in total. The smallest absolute Gasteiger partial charge is 0.262 e. The second-order valence-corrected chi connectivity index (χ2v) is 8.19. The molecule has 160 valence electrons. The van der Waals surface area contributed by atoms with Crippen molar-refractivity contribution in [1.82, 2.24) is 9.55 Å². The van der Waals surface area contributed by atoms with Crippen LogP contribution in [0.4, 0.5) is 0 Å². The van der Waals surface area contributed by atoms with E-state index in [1.807, 2.05) is 60.7 Å². The lowest BCUT2D eigenvalue weighted by molar-refractivity contribution is 0.104. The van der Waals surface area contributed by atoms with Gasteiger partial charge in [0.2, 0.25) is 0 Å². The molecule has 5 aromatic rings. The van der Waals surface area contributed by atoms with Gasteiger partial charge in [0.25, 0.3) is 5.56 Å². The van der Waals surface area contributed by atoms with E-state index in [1.54, 1.807) is 37.5 Å². The van der Waals surface area contributed by atoms with Crippen molar-refractivity contribution in [2.24, 2.45) is 7.05 Å². The summed E-state index contributed by atoms with van der Waals surface area (Å²) in [6, 6.07) is 24.4. The first-order chi connectivity index (χ1) is 16.0. The fourth-order valence-electron chi connectivity index (χ4n) is 4.17. The number of rotatable bonds is 4. The number of halogens is 1. The Hall–Kier alpha value is -4.02. The average molecular weight is 451 g/mol. The molecule has 0 aliphatic heterocycles. The predicted octanol–water partition coefficient (Wildman–Crippen LogP) is 6.30. The molecule has 2 heterocycles. The van der Waals surface area contributed by atoms with Gasteiger partial charge in [0.15, 0.2) is 5.78 Å². The van der Waals surface area contributed by atoms with Crippen molar-refractivity contribution in [1.29, 1.82) is 0 Å². The highest BCUT2D eigenvalue weighted by atomic mass is 35.5. The number of para-hydroxylation sites is 1. The molecule has 5 heteroatoms. The lowest BCUT2D eigenvalue weighted by Gasteiger charge is -2.15. The summed E-state index contributed by atoms with van der Waals surface area (Å²) in [6.07, 6.45) is 4.91. The highest BCUT2D eigenvalue weighted by molar-refractivity contribution is 6.31. The van der Waals surface area contributed by atoms with Crippen LogP contribution in [0.15, 0.2) is 95.9 Å². The average Bonchev–Trinajstić information content (AvgIpc) is 2.85. The zero-order chi connectivity index (χ0) is 22.9. The van der Waals surface area contributed by atoms with Crippen LogP contribution in [0.1, 0.15) is 15.9 Å². The van der Waals surface area contributed by atoms with Gasteiger partial charge < -0.3 is 4.57 Å².